The zero-order valence-corrected chi connectivity index (χ0v) is 31.8. The normalized spacial score (nSPS) is 13.2. The average Bonchev–Trinajstić information content (AvgIpc) is 3.89. The first kappa shape index (κ1) is 32.1. The van der Waals surface area contributed by atoms with Crippen molar-refractivity contribution in [3.05, 3.63) is 199 Å². The molecule has 12 rings (SSSR count). The summed E-state index contributed by atoms with van der Waals surface area (Å²) in [6.07, 6.45) is 0. The van der Waals surface area contributed by atoms with Gasteiger partial charge in [-0.25, -0.2) is 0 Å². The number of rotatable bonds is 4. The standard InChI is InChI=1S/C55H37NO/c1-55(2)47-26-13-11-23-42(47)52-44-25-15-24-43(53(44)56(54(52)55)37-18-7-4-8-19-37)51-40-22-10-9-21-39(40)50(41-30-28-35(32-46(41)51)34-16-5-3-6-17-34)36-29-31-49-45(33-36)38-20-12-14-27-48(38)57-49/h3-33H,1-2H3. The van der Waals surface area contributed by atoms with E-state index in [0.717, 1.165) is 21.9 Å². The SMILES string of the molecule is CC1(C)c2ccccc2-c2c1n(-c1ccccc1)c1c(-c3c4ccccc4c(-c4ccc5oc6ccccc6c5c4)c4ccc(-c5ccccc5)cc34)cccc21. The lowest BCUT2D eigenvalue weighted by Crippen LogP contribution is -2.19. The van der Waals surface area contributed by atoms with Crippen LogP contribution in [0, 0.1) is 0 Å². The van der Waals surface area contributed by atoms with Crippen LogP contribution in [0.2, 0.25) is 0 Å². The minimum Gasteiger partial charge on any atom is -0.456 e. The van der Waals surface area contributed by atoms with Crippen molar-refractivity contribution in [2.24, 2.45) is 0 Å². The molecule has 0 N–H and O–H groups in total. The Kier molecular flexibility index (Phi) is 6.72. The Balaban J connectivity index is 1.25. The van der Waals surface area contributed by atoms with E-state index in [9.17, 15) is 0 Å². The average molecular weight is 728 g/mol. The predicted molar refractivity (Wildman–Crippen MR) is 239 cm³/mol. The molecule has 0 amide bonds. The summed E-state index contributed by atoms with van der Waals surface area (Å²) >= 11 is 0. The van der Waals surface area contributed by atoms with Gasteiger partial charge in [-0.2, -0.15) is 0 Å². The summed E-state index contributed by atoms with van der Waals surface area (Å²) in [7, 11) is 0. The fourth-order valence-corrected chi connectivity index (χ4v) is 10.1. The zero-order chi connectivity index (χ0) is 37.8. The molecule has 57 heavy (non-hydrogen) atoms. The highest BCUT2D eigenvalue weighted by atomic mass is 16.3. The highest BCUT2D eigenvalue weighted by Gasteiger charge is 2.41. The summed E-state index contributed by atoms with van der Waals surface area (Å²) in [4.78, 5) is 0. The van der Waals surface area contributed by atoms with Crippen molar-refractivity contribution in [2.75, 3.05) is 0 Å². The van der Waals surface area contributed by atoms with Gasteiger partial charge in [-0.15, -0.1) is 0 Å². The lowest BCUT2D eigenvalue weighted by atomic mass is 9.84. The van der Waals surface area contributed by atoms with Crippen molar-refractivity contribution < 1.29 is 4.42 Å². The number of nitrogens with zero attached hydrogens (tertiary/aromatic N) is 1. The Bertz CT molecular complexity index is 3420. The lowest BCUT2D eigenvalue weighted by molar-refractivity contribution is 0.624. The van der Waals surface area contributed by atoms with Crippen LogP contribution in [0.3, 0.4) is 0 Å². The third kappa shape index (κ3) is 4.53. The van der Waals surface area contributed by atoms with Crippen molar-refractivity contribution in [1.82, 2.24) is 4.57 Å². The molecule has 0 atom stereocenters. The molecule has 2 heteroatoms. The maximum atomic E-state index is 6.31. The van der Waals surface area contributed by atoms with Crippen LogP contribution in [0.15, 0.2) is 192 Å². The Labute approximate surface area is 330 Å². The van der Waals surface area contributed by atoms with Gasteiger partial charge in [-0.3, -0.25) is 0 Å². The van der Waals surface area contributed by atoms with E-state index in [1.165, 1.54) is 93.9 Å². The smallest absolute Gasteiger partial charge is 0.135 e. The van der Waals surface area contributed by atoms with E-state index >= 15 is 0 Å². The Morgan fingerprint density at radius 1 is 0.386 bits per heavy atom. The molecule has 0 bridgehead atoms. The van der Waals surface area contributed by atoms with Crippen LogP contribution < -0.4 is 0 Å². The highest BCUT2D eigenvalue weighted by molar-refractivity contribution is 6.25. The first-order valence-corrected chi connectivity index (χ1v) is 19.9. The molecule has 0 radical (unpaired) electrons. The summed E-state index contributed by atoms with van der Waals surface area (Å²) < 4.78 is 8.89. The third-order valence-corrected chi connectivity index (χ3v) is 12.5. The molecule has 1 aliphatic rings. The largest absolute Gasteiger partial charge is 0.456 e. The Morgan fingerprint density at radius 3 is 1.81 bits per heavy atom. The van der Waals surface area contributed by atoms with Crippen molar-refractivity contribution in [1.29, 1.82) is 0 Å². The minimum atomic E-state index is -0.206. The fraction of sp³-hybridized carbons (Fsp3) is 0.0545. The Morgan fingerprint density at radius 2 is 0.982 bits per heavy atom. The molecule has 0 unspecified atom stereocenters. The molecule has 11 aromatic rings. The van der Waals surface area contributed by atoms with E-state index in [1.807, 2.05) is 6.07 Å². The van der Waals surface area contributed by atoms with Gasteiger partial charge in [0, 0.05) is 44.1 Å². The van der Waals surface area contributed by atoms with Gasteiger partial charge in [0.15, 0.2) is 0 Å². The molecule has 9 aromatic carbocycles. The molecule has 268 valence electrons. The molecular formula is C55H37NO. The molecule has 0 spiro atoms. The minimum absolute atomic E-state index is 0.206. The van der Waals surface area contributed by atoms with Crippen molar-refractivity contribution in [3.63, 3.8) is 0 Å². The third-order valence-electron chi connectivity index (χ3n) is 12.5. The van der Waals surface area contributed by atoms with Crippen LogP contribution in [0.4, 0.5) is 0 Å². The highest BCUT2D eigenvalue weighted by Crippen LogP contribution is 2.56. The number of hydrogen-bond donors (Lipinski definition) is 0. The molecule has 0 saturated heterocycles. The number of aromatic nitrogens is 1. The van der Waals surface area contributed by atoms with Crippen LogP contribution in [0.5, 0.6) is 0 Å². The molecule has 0 fully saturated rings. The van der Waals surface area contributed by atoms with Crippen LogP contribution in [0.1, 0.15) is 25.1 Å². The summed E-state index contributed by atoms with van der Waals surface area (Å²) in [5.74, 6) is 0. The summed E-state index contributed by atoms with van der Waals surface area (Å²) in [6, 6.07) is 68.9. The van der Waals surface area contributed by atoms with Crippen LogP contribution in [-0.2, 0) is 5.41 Å². The van der Waals surface area contributed by atoms with Crippen LogP contribution in [0.25, 0.3) is 105 Å². The fourth-order valence-electron chi connectivity index (χ4n) is 10.1. The number of furan rings is 1. The van der Waals surface area contributed by atoms with Crippen LogP contribution >= 0.6 is 0 Å². The van der Waals surface area contributed by atoms with Gasteiger partial charge >= 0.3 is 0 Å². The summed E-state index contributed by atoms with van der Waals surface area (Å²) in [5, 5.41) is 8.47. The maximum absolute atomic E-state index is 6.31. The van der Waals surface area contributed by atoms with Crippen molar-refractivity contribution >= 4 is 54.4 Å². The first-order chi connectivity index (χ1) is 28.1. The van der Waals surface area contributed by atoms with Gasteiger partial charge in [-0.1, -0.05) is 166 Å². The number of fused-ring (bicyclic) bond motifs is 10. The topological polar surface area (TPSA) is 18.1 Å². The molecule has 2 aromatic heterocycles. The number of hydrogen-bond acceptors (Lipinski definition) is 1. The second-order valence-electron chi connectivity index (χ2n) is 16.0. The molecular weight excluding hydrogens is 691 g/mol. The molecule has 2 nitrogen and oxygen atoms in total. The Hall–Kier alpha value is -7.16. The van der Waals surface area contributed by atoms with Crippen molar-refractivity contribution in [2.45, 2.75) is 19.3 Å². The molecule has 0 aliphatic heterocycles. The van der Waals surface area contributed by atoms with E-state index in [4.69, 9.17) is 4.42 Å². The quantitative estimate of drug-likeness (QED) is 0.165. The second-order valence-corrected chi connectivity index (χ2v) is 16.0. The van der Waals surface area contributed by atoms with Crippen molar-refractivity contribution in [3.8, 4) is 50.2 Å². The van der Waals surface area contributed by atoms with Gasteiger partial charge in [0.25, 0.3) is 0 Å². The molecule has 2 heterocycles. The molecule has 0 saturated carbocycles. The van der Waals surface area contributed by atoms with Gasteiger partial charge < -0.3 is 8.98 Å². The van der Waals surface area contributed by atoms with Gasteiger partial charge in [0.05, 0.1) is 5.52 Å². The zero-order valence-electron chi connectivity index (χ0n) is 31.8. The lowest BCUT2D eigenvalue weighted by Gasteiger charge is -2.25. The van der Waals surface area contributed by atoms with Crippen LogP contribution in [-0.4, -0.2) is 4.57 Å². The van der Waals surface area contributed by atoms with E-state index in [-0.39, 0.29) is 5.41 Å². The molecule has 1 aliphatic carbocycles. The second kappa shape index (κ2) is 11.9. The monoisotopic (exact) mass is 727 g/mol. The van der Waals surface area contributed by atoms with E-state index in [1.54, 1.807) is 0 Å². The van der Waals surface area contributed by atoms with Gasteiger partial charge in [0.1, 0.15) is 11.2 Å². The van der Waals surface area contributed by atoms with E-state index in [2.05, 4.69) is 200 Å². The van der Waals surface area contributed by atoms with E-state index in [0.29, 0.717) is 0 Å². The van der Waals surface area contributed by atoms with E-state index < -0.39 is 0 Å². The summed E-state index contributed by atoms with van der Waals surface area (Å²) in [5.41, 5.74) is 16.7. The van der Waals surface area contributed by atoms with Gasteiger partial charge in [-0.05, 0) is 96.9 Å². The summed E-state index contributed by atoms with van der Waals surface area (Å²) in [6.45, 7) is 4.78. The maximum Gasteiger partial charge on any atom is 0.135 e. The predicted octanol–water partition coefficient (Wildman–Crippen LogP) is 15.1. The number of para-hydroxylation sites is 3. The van der Waals surface area contributed by atoms with Gasteiger partial charge in [0.2, 0.25) is 0 Å². The number of benzene rings is 9. The first-order valence-electron chi connectivity index (χ1n) is 19.9.